The molecular formula is C16H21N3O4. The number of nitrogens with one attached hydrogen (secondary N) is 1. The van der Waals surface area contributed by atoms with Gasteiger partial charge in [0, 0.05) is 49.5 Å². The number of rotatable bonds is 3. The summed E-state index contributed by atoms with van der Waals surface area (Å²) in [6.07, 6.45) is 3.61. The van der Waals surface area contributed by atoms with Crippen molar-refractivity contribution in [2.75, 3.05) is 44.8 Å². The van der Waals surface area contributed by atoms with Crippen LogP contribution in [0.2, 0.25) is 0 Å². The van der Waals surface area contributed by atoms with Gasteiger partial charge in [-0.1, -0.05) is 0 Å². The number of ether oxygens (including phenoxy) is 3. The molecule has 4 rings (SSSR count). The van der Waals surface area contributed by atoms with Crippen molar-refractivity contribution in [3.63, 3.8) is 0 Å². The highest BCUT2D eigenvalue weighted by Gasteiger charge is 2.47. The van der Waals surface area contributed by atoms with E-state index in [0.29, 0.717) is 18.2 Å². The summed E-state index contributed by atoms with van der Waals surface area (Å²) in [5.41, 5.74) is 0.898. The molecular weight excluding hydrogens is 298 g/mol. The zero-order valence-corrected chi connectivity index (χ0v) is 13.0. The first-order valence-electron chi connectivity index (χ1n) is 8.07. The van der Waals surface area contributed by atoms with Crippen molar-refractivity contribution >= 4 is 11.7 Å². The Morgan fingerprint density at radius 3 is 3.04 bits per heavy atom. The maximum Gasteiger partial charge on any atom is 0.321 e. The van der Waals surface area contributed by atoms with E-state index in [1.165, 1.54) is 0 Å². The van der Waals surface area contributed by atoms with E-state index in [0.717, 1.165) is 45.8 Å². The van der Waals surface area contributed by atoms with E-state index >= 15 is 0 Å². The summed E-state index contributed by atoms with van der Waals surface area (Å²) in [6, 6.07) is 3.44. The minimum absolute atomic E-state index is 0.0473. The first-order chi connectivity index (χ1) is 11.2. The largest absolute Gasteiger partial charge is 0.472 e. The lowest BCUT2D eigenvalue weighted by Gasteiger charge is -2.46. The molecule has 1 aromatic heterocycles. The standard InChI is InChI=1S/C16H21N3O4/c20-15(19-9-16(10-19)3-6-22-11-16)18-12-1-4-17-14(7-12)23-13-2-5-21-8-13/h1,4,7,13H,2-3,5-6,8-11H2,(H,17,18,20). The van der Waals surface area contributed by atoms with Crippen LogP contribution in [-0.4, -0.2) is 61.5 Å². The number of urea groups is 1. The Bertz CT molecular complexity index is 574. The number of anilines is 1. The van der Waals surface area contributed by atoms with Crippen LogP contribution in [0.15, 0.2) is 18.3 Å². The van der Waals surface area contributed by atoms with E-state index in [4.69, 9.17) is 14.2 Å². The van der Waals surface area contributed by atoms with Crippen LogP contribution in [0.5, 0.6) is 5.88 Å². The van der Waals surface area contributed by atoms with Crippen molar-refractivity contribution in [2.45, 2.75) is 18.9 Å². The average molecular weight is 319 g/mol. The third kappa shape index (κ3) is 3.11. The molecule has 0 aromatic carbocycles. The SMILES string of the molecule is O=C(Nc1ccnc(OC2CCOC2)c1)N1CC2(CCOC2)C1. The lowest BCUT2D eigenvalue weighted by atomic mass is 9.79. The van der Waals surface area contributed by atoms with Gasteiger partial charge in [0.2, 0.25) is 5.88 Å². The van der Waals surface area contributed by atoms with Gasteiger partial charge in [0.05, 0.1) is 19.8 Å². The molecule has 1 N–H and O–H groups in total. The minimum atomic E-state index is -0.0797. The van der Waals surface area contributed by atoms with Crippen LogP contribution < -0.4 is 10.1 Å². The van der Waals surface area contributed by atoms with Gasteiger partial charge in [-0.2, -0.15) is 0 Å². The number of carbonyl (C=O) groups excluding carboxylic acids is 1. The summed E-state index contributed by atoms with van der Waals surface area (Å²) in [7, 11) is 0. The summed E-state index contributed by atoms with van der Waals surface area (Å²) in [5, 5.41) is 2.91. The van der Waals surface area contributed by atoms with Crippen LogP contribution in [0.3, 0.4) is 0 Å². The predicted molar refractivity (Wildman–Crippen MR) is 82.5 cm³/mol. The molecule has 124 valence electrons. The van der Waals surface area contributed by atoms with E-state index in [-0.39, 0.29) is 17.6 Å². The topological polar surface area (TPSA) is 72.9 Å². The van der Waals surface area contributed by atoms with Crippen molar-refractivity contribution in [1.29, 1.82) is 0 Å². The molecule has 1 aromatic rings. The molecule has 3 fully saturated rings. The fourth-order valence-corrected chi connectivity index (χ4v) is 3.34. The molecule has 7 heteroatoms. The Hall–Kier alpha value is -1.86. The van der Waals surface area contributed by atoms with Gasteiger partial charge in [0.15, 0.2) is 0 Å². The van der Waals surface area contributed by atoms with Gasteiger partial charge in [-0.25, -0.2) is 9.78 Å². The molecule has 23 heavy (non-hydrogen) atoms. The third-order valence-electron chi connectivity index (χ3n) is 4.69. The van der Waals surface area contributed by atoms with Gasteiger partial charge >= 0.3 is 6.03 Å². The molecule has 1 spiro atoms. The fourth-order valence-electron chi connectivity index (χ4n) is 3.34. The number of hydrogen-bond acceptors (Lipinski definition) is 5. The maximum atomic E-state index is 12.3. The summed E-state index contributed by atoms with van der Waals surface area (Å²) < 4.78 is 16.5. The van der Waals surface area contributed by atoms with Gasteiger partial charge in [-0.05, 0) is 12.5 Å². The van der Waals surface area contributed by atoms with Gasteiger partial charge < -0.3 is 24.4 Å². The quantitative estimate of drug-likeness (QED) is 0.914. The summed E-state index contributed by atoms with van der Waals surface area (Å²) in [6.45, 7) is 4.44. The average Bonchev–Trinajstić information content (AvgIpc) is 3.17. The molecule has 0 radical (unpaired) electrons. The number of amides is 2. The number of nitrogens with zero attached hydrogens (tertiary/aromatic N) is 2. The monoisotopic (exact) mass is 319 g/mol. The van der Waals surface area contributed by atoms with Crippen molar-refractivity contribution in [3.8, 4) is 5.88 Å². The highest BCUT2D eigenvalue weighted by molar-refractivity contribution is 5.90. The first kappa shape index (κ1) is 14.7. The molecule has 0 bridgehead atoms. The fraction of sp³-hybridized carbons (Fsp3) is 0.625. The van der Waals surface area contributed by atoms with E-state index in [2.05, 4.69) is 10.3 Å². The zero-order valence-electron chi connectivity index (χ0n) is 13.0. The molecule has 1 atom stereocenters. The Morgan fingerprint density at radius 1 is 1.39 bits per heavy atom. The van der Waals surface area contributed by atoms with Crippen LogP contribution in [-0.2, 0) is 9.47 Å². The van der Waals surface area contributed by atoms with E-state index < -0.39 is 0 Å². The molecule has 4 heterocycles. The van der Waals surface area contributed by atoms with Crippen molar-refractivity contribution in [3.05, 3.63) is 18.3 Å². The Balaban J connectivity index is 1.32. The van der Waals surface area contributed by atoms with Crippen LogP contribution in [0.4, 0.5) is 10.5 Å². The second-order valence-corrected chi connectivity index (χ2v) is 6.58. The summed E-state index contributed by atoms with van der Waals surface area (Å²) in [4.78, 5) is 18.3. The number of aromatic nitrogens is 1. The van der Waals surface area contributed by atoms with E-state index in [1.54, 1.807) is 18.3 Å². The molecule has 3 aliphatic rings. The molecule has 0 aliphatic carbocycles. The molecule has 0 saturated carbocycles. The summed E-state index contributed by atoms with van der Waals surface area (Å²) in [5.74, 6) is 0.516. The molecule has 3 saturated heterocycles. The van der Waals surface area contributed by atoms with E-state index in [9.17, 15) is 4.79 Å². The van der Waals surface area contributed by atoms with Crippen LogP contribution in [0.1, 0.15) is 12.8 Å². The summed E-state index contributed by atoms with van der Waals surface area (Å²) >= 11 is 0. The van der Waals surface area contributed by atoms with Crippen LogP contribution in [0.25, 0.3) is 0 Å². The molecule has 3 aliphatic heterocycles. The number of carbonyl (C=O) groups is 1. The number of likely N-dealkylation sites (tertiary alicyclic amines) is 1. The van der Waals surface area contributed by atoms with Gasteiger partial charge in [-0.3, -0.25) is 0 Å². The highest BCUT2D eigenvalue weighted by Crippen LogP contribution is 2.38. The van der Waals surface area contributed by atoms with Gasteiger partial charge in [-0.15, -0.1) is 0 Å². The zero-order chi connectivity index (χ0) is 15.7. The predicted octanol–water partition coefficient (Wildman–Crippen LogP) is 1.50. The molecule has 1 unspecified atom stereocenters. The lowest BCUT2D eigenvalue weighted by molar-refractivity contribution is 0.0255. The van der Waals surface area contributed by atoms with Crippen LogP contribution in [0, 0.1) is 5.41 Å². The molecule has 7 nitrogen and oxygen atoms in total. The van der Waals surface area contributed by atoms with Gasteiger partial charge in [0.25, 0.3) is 0 Å². The van der Waals surface area contributed by atoms with Crippen LogP contribution >= 0.6 is 0 Å². The Labute approximate surface area is 134 Å². The first-order valence-corrected chi connectivity index (χ1v) is 8.07. The Morgan fingerprint density at radius 2 is 2.30 bits per heavy atom. The number of hydrogen-bond donors (Lipinski definition) is 1. The van der Waals surface area contributed by atoms with Crippen molar-refractivity contribution in [2.24, 2.45) is 5.41 Å². The second kappa shape index (κ2) is 5.98. The van der Waals surface area contributed by atoms with Crippen molar-refractivity contribution < 1.29 is 19.0 Å². The Kier molecular flexibility index (Phi) is 3.82. The minimum Gasteiger partial charge on any atom is -0.472 e. The molecule has 2 amide bonds. The number of pyridine rings is 1. The highest BCUT2D eigenvalue weighted by atomic mass is 16.5. The normalized spacial score (nSPS) is 25.4. The second-order valence-electron chi connectivity index (χ2n) is 6.58. The van der Waals surface area contributed by atoms with Crippen molar-refractivity contribution in [1.82, 2.24) is 9.88 Å². The lowest BCUT2D eigenvalue weighted by Crippen LogP contribution is -2.59. The van der Waals surface area contributed by atoms with Gasteiger partial charge in [0.1, 0.15) is 6.10 Å². The third-order valence-corrected chi connectivity index (χ3v) is 4.69. The van der Waals surface area contributed by atoms with E-state index in [1.807, 2.05) is 4.90 Å². The smallest absolute Gasteiger partial charge is 0.321 e. The maximum absolute atomic E-state index is 12.3.